The molecule has 1 aliphatic heterocycles. The Kier molecular flexibility index (Phi) is 8.89. The summed E-state index contributed by atoms with van der Waals surface area (Å²) in [6.07, 6.45) is 3.40. The molecule has 0 saturated heterocycles. The van der Waals surface area contributed by atoms with E-state index in [2.05, 4.69) is 13.8 Å². The summed E-state index contributed by atoms with van der Waals surface area (Å²) in [7, 11) is 0. The van der Waals surface area contributed by atoms with Crippen LogP contribution in [0.2, 0.25) is 0 Å². The van der Waals surface area contributed by atoms with Gasteiger partial charge < -0.3 is 28.8 Å². The third-order valence-corrected chi connectivity index (χ3v) is 6.79. The predicted molar refractivity (Wildman–Crippen MR) is 158 cm³/mol. The zero-order valence-electron chi connectivity index (χ0n) is 23.3. The molecule has 0 bridgehead atoms. The van der Waals surface area contributed by atoms with Gasteiger partial charge in [0, 0.05) is 17.7 Å². The largest absolute Gasteiger partial charge is 0.507 e. The monoisotopic (exact) mass is 550 g/mol. The summed E-state index contributed by atoms with van der Waals surface area (Å²) in [6, 6.07) is 28.5. The Balaban J connectivity index is 1.40. The van der Waals surface area contributed by atoms with Gasteiger partial charge >= 0.3 is 0 Å². The van der Waals surface area contributed by atoms with Crippen molar-refractivity contribution in [2.24, 2.45) is 5.92 Å². The smallest absolute Gasteiger partial charge is 0.161 e. The lowest BCUT2D eigenvalue weighted by Gasteiger charge is -2.24. The Hall–Kier alpha value is -4.71. The average molecular weight is 551 g/mol. The molecule has 41 heavy (non-hydrogen) atoms. The molecule has 0 amide bonds. The Bertz CT molecular complexity index is 1490. The second kappa shape index (κ2) is 13.1. The predicted octanol–water partition coefficient (Wildman–Crippen LogP) is 7.69. The number of hydrogen-bond donors (Lipinski definition) is 1. The van der Waals surface area contributed by atoms with Gasteiger partial charge in [-0.05, 0) is 47.7 Å². The molecule has 1 aliphatic rings. The van der Waals surface area contributed by atoms with E-state index < -0.39 is 5.92 Å². The molecule has 4 aromatic rings. The fraction of sp³-hybridized carbons (Fsp3) is 0.229. The van der Waals surface area contributed by atoms with E-state index in [1.807, 2.05) is 78.9 Å². The number of hydrogen-bond acceptors (Lipinski definition) is 6. The van der Waals surface area contributed by atoms with Crippen LogP contribution in [0.3, 0.4) is 0 Å². The molecule has 0 aliphatic carbocycles. The van der Waals surface area contributed by atoms with Gasteiger partial charge in [-0.25, -0.2) is 0 Å². The van der Waals surface area contributed by atoms with Crippen molar-refractivity contribution in [1.82, 2.24) is 0 Å². The Morgan fingerprint density at radius 3 is 2.17 bits per heavy atom. The molecule has 1 unspecified atom stereocenters. The molecule has 6 nitrogen and oxygen atoms in total. The second-order valence-electron chi connectivity index (χ2n) is 10.4. The molecule has 4 aromatic carbocycles. The van der Waals surface area contributed by atoms with E-state index >= 15 is 0 Å². The number of fused-ring (bicyclic) bond motifs is 1. The first kappa shape index (κ1) is 27.8. The maximum absolute atomic E-state index is 12.1. The van der Waals surface area contributed by atoms with Crippen LogP contribution in [0.25, 0.3) is 5.76 Å². The zero-order chi connectivity index (χ0) is 28.6. The number of ether oxygens (including phenoxy) is 4. The van der Waals surface area contributed by atoms with E-state index in [-0.39, 0.29) is 5.75 Å². The van der Waals surface area contributed by atoms with Gasteiger partial charge in [-0.1, -0.05) is 74.5 Å². The highest BCUT2D eigenvalue weighted by Crippen LogP contribution is 2.45. The molecular weight excluding hydrogens is 516 g/mol. The highest BCUT2D eigenvalue weighted by atomic mass is 16.5. The van der Waals surface area contributed by atoms with Crippen molar-refractivity contribution in [2.75, 3.05) is 6.61 Å². The first-order valence-corrected chi connectivity index (χ1v) is 13.8. The number of benzene rings is 4. The summed E-state index contributed by atoms with van der Waals surface area (Å²) < 4.78 is 24.5. The first-order valence-electron chi connectivity index (χ1n) is 13.8. The lowest BCUT2D eigenvalue weighted by atomic mass is 9.94. The number of carbonyl (C=O) groups is 1. The minimum atomic E-state index is -0.684. The number of aromatic hydroxyl groups is 1. The van der Waals surface area contributed by atoms with Crippen LogP contribution in [0.15, 0.2) is 97.1 Å². The number of phenolic OH excluding ortho intramolecular Hbond substituents is 1. The Morgan fingerprint density at radius 2 is 1.51 bits per heavy atom. The molecule has 0 saturated carbocycles. The maximum atomic E-state index is 12.1. The lowest BCUT2D eigenvalue weighted by Crippen LogP contribution is -2.11. The standard InChI is InChI=1S/C35H34O6/c1-24(2)15-16-38-33-17-27(13-14-31(33)40-23-26-11-7-4-8-12-26)32-18-28(21-36)35-30(37)19-29(20-34(35)41-32)39-22-25-9-5-3-6-10-25/h3-14,17-21,24,28,37H,15-16,22-23H2,1-2H3. The quantitative estimate of drug-likeness (QED) is 0.182. The van der Waals surface area contributed by atoms with Gasteiger partial charge in [0.2, 0.25) is 0 Å². The molecular formula is C35H34O6. The van der Waals surface area contributed by atoms with Crippen LogP contribution >= 0.6 is 0 Å². The fourth-order valence-corrected chi connectivity index (χ4v) is 4.53. The number of aldehydes is 1. The summed E-state index contributed by atoms with van der Waals surface area (Å²) in [6.45, 7) is 5.58. The lowest BCUT2D eigenvalue weighted by molar-refractivity contribution is -0.108. The molecule has 0 spiro atoms. The molecule has 0 radical (unpaired) electrons. The average Bonchev–Trinajstić information content (AvgIpc) is 2.99. The highest BCUT2D eigenvalue weighted by Gasteiger charge is 2.27. The number of phenols is 1. The van der Waals surface area contributed by atoms with E-state index in [0.717, 1.165) is 29.4 Å². The van der Waals surface area contributed by atoms with Crippen molar-refractivity contribution in [3.8, 4) is 28.7 Å². The van der Waals surface area contributed by atoms with Gasteiger partial charge in [-0.15, -0.1) is 0 Å². The van der Waals surface area contributed by atoms with Gasteiger partial charge in [0.05, 0.1) is 18.1 Å². The van der Waals surface area contributed by atoms with E-state index in [1.165, 1.54) is 6.07 Å². The van der Waals surface area contributed by atoms with E-state index in [0.29, 0.717) is 60.1 Å². The SMILES string of the molecule is CC(C)CCOc1cc(C2=CC(C=O)c3c(O)cc(OCc4ccccc4)cc3O2)ccc1OCc1ccccc1. The van der Waals surface area contributed by atoms with Gasteiger partial charge in [0.1, 0.15) is 42.5 Å². The van der Waals surface area contributed by atoms with Gasteiger partial charge in [-0.3, -0.25) is 0 Å². The van der Waals surface area contributed by atoms with E-state index in [1.54, 1.807) is 12.1 Å². The Morgan fingerprint density at radius 1 is 0.829 bits per heavy atom. The van der Waals surface area contributed by atoms with Crippen molar-refractivity contribution >= 4 is 12.0 Å². The summed E-state index contributed by atoms with van der Waals surface area (Å²) in [5, 5.41) is 10.8. The maximum Gasteiger partial charge on any atom is 0.161 e. The number of carbonyl (C=O) groups excluding carboxylic acids is 1. The highest BCUT2D eigenvalue weighted by molar-refractivity contribution is 5.79. The van der Waals surface area contributed by atoms with Crippen molar-refractivity contribution in [3.05, 3.63) is 119 Å². The van der Waals surface area contributed by atoms with Gasteiger partial charge in [0.25, 0.3) is 0 Å². The summed E-state index contributed by atoms with van der Waals surface area (Å²) in [5.74, 6) is 2.27. The minimum Gasteiger partial charge on any atom is -0.507 e. The van der Waals surface area contributed by atoms with Crippen LogP contribution < -0.4 is 18.9 Å². The Labute approximate surface area is 240 Å². The number of allylic oxidation sites excluding steroid dienone is 1. The van der Waals surface area contributed by atoms with E-state index in [9.17, 15) is 9.90 Å². The third kappa shape index (κ3) is 7.09. The van der Waals surface area contributed by atoms with Crippen molar-refractivity contribution in [1.29, 1.82) is 0 Å². The van der Waals surface area contributed by atoms with Crippen molar-refractivity contribution < 1.29 is 28.8 Å². The molecule has 210 valence electrons. The van der Waals surface area contributed by atoms with Gasteiger partial charge in [-0.2, -0.15) is 0 Å². The fourth-order valence-electron chi connectivity index (χ4n) is 4.53. The molecule has 1 N–H and O–H groups in total. The van der Waals surface area contributed by atoms with Crippen molar-refractivity contribution in [3.63, 3.8) is 0 Å². The summed E-state index contributed by atoms with van der Waals surface area (Å²) >= 11 is 0. The van der Waals surface area contributed by atoms with Crippen LogP contribution in [0.1, 0.15) is 48.4 Å². The van der Waals surface area contributed by atoms with E-state index in [4.69, 9.17) is 18.9 Å². The van der Waals surface area contributed by atoms with Crippen molar-refractivity contribution in [2.45, 2.75) is 39.4 Å². The van der Waals surface area contributed by atoms with Crippen LogP contribution in [-0.2, 0) is 18.0 Å². The van der Waals surface area contributed by atoms with Crippen LogP contribution in [0.4, 0.5) is 0 Å². The second-order valence-corrected chi connectivity index (χ2v) is 10.4. The first-order chi connectivity index (χ1) is 20.0. The molecule has 1 heterocycles. The third-order valence-electron chi connectivity index (χ3n) is 6.79. The number of rotatable bonds is 12. The molecule has 0 aromatic heterocycles. The minimum absolute atomic E-state index is 0.0553. The van der Waals surface area contributed by atoms with Crippen LogP contribution in [0, 0.1) is 5.92 Å². The van der Waals surface area contributed by atoms with Crippen LogP contribution in [-0.4, -0.2) is 18.0 Å². The molecule has 6 heteroatoms. The molecule has 5 rings (SSSR count). The molecule has 1 atom stereocenters. The summed E-state index contributed by atoms with van der Waals surface area (Å²) in [5.41, 5.74) is 3.19. The topological polar surface area (TPSA) is 74.2 Å². The zero-order valence-corrected chi connectivity index (χ0v) is 23.3. The normalized spacial score (nSPS) is 14.0. The van der Waals surface area contributed by atoms with Crippen LogP contribution in [0.5, 0.6) is 28.7 Å². The van der Waals surface area contributed by atoms with Gasteiger partial charge in [0.15, 0.2) is 11.5 Å². The summed E-state index contributed by atoms with van der Waals surface area (Å²) in [4.78, 5) is 12.1. The molecule has 0 fully saturated rings.